The molecule has 0 aliphatic carbocycles. The number of amides is 1. The van der Waals surface area contributed by atoms with Gasteiger partial charge in [-0.3, -0.25) is 4.79 Å². The molecule has 2 aromatic carbocycles. The monoisotopic (exact) mass is 347 g/mol. The van der Waals surface area contributed by atoms with Gasteiger partial charge in [0.15, 0.2) is 0 Å². The van der Waals surface area contributed by atoms with Gasteiger partial charge in [-0.15, -0.1) is 0 Å². The predicted octanol–water partition coefficient (Wildman–Crippen LogP) is 4.59. The van der Waals surface area contributed by atoms with Crippen LogP contribution in [-0.4, -0.2) is 16.0 Å². The van der Waals surface area contributed by atoms with Crippen LogP contribution in [0, 0.1) is 12.7 Å². The van der Waals surface area contributed by atoms with E-state index in [0.717, 1.165) is 5.56 Å². The molecule has 2 aromatic heterocycles. The number of hydrogen-bond donors (Lipinski definition) is 1. The average molecular weight is 347 g/mol. The summed E-state index contributed by atoms with van der Waals surface area (Å²) in [4.78, 5) is 17.3. The molecule has 2 heterocycles. The maximum atomic E-state index is 13.1. The Bertz CT molecular complexity index is 1090. The third-order valence-electron chi connectivity index (χ3n) is 4.03. The van der Waals surface area contributed by atoms with Gasteiger partial charge in [-0.1, -0.05) is 35.5 Å². The van der Waals surface area contributed by atoms with Crippen LogP contribution in [0.4, 0.5) is 10.1 Å². The molecule has 5 nitrogen and oxygen atoms in total. The zero-order valence-electron chi connectivity index (χ0n) is 13.9. The molecule has 0 bridgehead atoms. The Kier molecular flexibility index (Phi) is 3.93. The standard InChI is InChI=1S/C20H14FN3O2/c1-12-18-16(19(25)22-15-9-7-14(21)8-10-15)11-17(23-20(18)26-24-12)13-5-3-2-4-6-13/h2-11H,1H3,(H,22,25). The first-order valence-corrected chi connectivity index (χ1v) is 8.01. The molecular weight excluding hydrogens is 333 g/mol. The third kappa shape index (κ3) is 2.93. The summed E-state index contributed by atoms with van der Waals surface area (Å²) in [6.07, 6.45) is 0. The maximum absolute atomic E-state index is 13.1. The summed E-state index contributed by atoms with van der Waals surface area (Å²) >= 11 is 0. The van der Waals surface area contributed by atoms with Crippen LogP contribution in [0.15, 0.2) is 65.2 Å². The van der Waals surface area contributed by atoms with Crippen LogP contribution in [0.1, 0.15) is 16.1 Å². The number of fused-ring (bicyclic) bond motifs is 1. The van der Waals surface area contributed by atoms with E-state index in [1.807, 2.05) is 30.3 Å². The normalized spacial score (nSPS) is 10.8. The first-order chi connectivity index (χ1) is 12.6. The number of nitrogens with zero attached hydrogens (tertiary/aromatic N) is 2. The number of anilines is 1. The molecule has 0 aliphatic heterocycles. The van der Waals surface area contributed by atoms with Crippen molar-refractivity contribution in [1.82, 2.24) is 10.1 Å². The lowest BCUT2D eigenvalue weighted by molar-refractivity contribution is 0.102. The van der Waals surface area contributed by atoms with Gasteiger partial charge in [-0.05, 0) is 37.3 Å². The minimum atomic E-state index is -0.365. The molecule has 26 heavy (non-hydrogen) atoms. The maximum Gasteiger partial charge on any atom is 0.259 e. The number of pyridine rings is 1. The van der Waals surface area contributed by atoms with Crippen molar-refractivity contribution >= 4 is 22.7 Å². The summed E-state index contributed by atoms with van der Waals surface area (Å²) in [5.74, 6) is -0.706. The molecule has 0 spiro atoms. The van der Waals surface area contributed by atoms with Crippen molar-refractivity contribution in [3.05, 3.63) is 77.7 Å². The molecule has 0 saturated heterocycles. The van der Waals surface area contributed by atoms with Crippen LogP contribution in [0.2, 0.25) is 0 Å². The van der Waals surface area contributed by atoms with E-state index in [4.69, 9.17) is 4.52 Å². The van der Waals surface area contributed by atoms with Crippen molar-refractivity contribution in [2.75, 3.05) is 5.32 Å². The van der Waals surface area contributed by atoms with E-state index in [1.165, 1.54) is 24.3 Å². The van der Waals surface area contributed by atoms with Gasteiger partial charge in [0.25, 0.3) is 11.6 Å². The number of hydrogen-bond acceptors (Lipinski definition) is 4. The first kappa shape index (κ1) is 16.0. The van der Waals surface area contributed by atoms with Gasteiger partial charge < -0.3 is 9.84 Å². The minimum absolute atomic E-state index is 0.299. The molecule has 4 rings (SSSR count). The SMILES string of the molecule is Cc1noc2nc(-c3ccccc3)cc(C(=O)Nc3ccc(F)cc3)c12. The molecule has 0 radical (unpaired) electrons. The van der Waals surface area contributed by atoms with Crippen LogP contribution in [0.25, 0.3) is 22.4 Å². The van der Waals surface area contributed by atoms with E-state index in [0.29, 0.717) is 33.7 Å². The van der Waals surface area contributed by atoms with Crippen LogP contribution in [0.5, 0.6) is 0 Å². The fourth-order valence-electron chi connectivity index (χ4n) is 2.76. The third-order valence-corrected chi connectivity index (χ3v) is 4.03. The van der Waals surface area contributed by atoms with Gasteiger partial charge >= 0.3 is 0 Å². The number of aromatic nitrogens is 2. The number of carbonyl (C=O) groups is 1. The van der Waals surface area contributed by atoms with Crippen molar-refractivity contribution in [1.29, 1.82) is 0 Å². The Morgan fingerprint density at radius 1 is 1.08 bits per heavy atom. The lowest BCUT2D eigenvalue weighted by atomic mass is 10.0. The van der Waals surface area contributed by atoms with E-state index < -0.39 is 0 Å². The largest absolute Gasteiger partial charge is 0.335 e. The molecule has 0 unspecified atom stereocenters. The molecular formula is C20H14FN3O2. The number of halogens is 1. The topological polar surface area (TPSA) is 68.0 Å². The Morgan fingerprint density at radius 2 is 1.81 bits per heavy atom. The van der Waals surface area contributed by atoms with Gasteiger partial charge in [0, 0.05) is 11.3 Å². The average Bonchev–Trinajstić information content (AvgIpc) is 3.04. The molecule has 0 fully saturated rings. The van der Waals surface area contributed by atoms with Crippen LogP contribution in [-0.2, 0) is 0 Å². The van der Waals surface area contributed by atoms with Crippen LogP contribution < -0.4 is 5.32 Å². The fraction of sp³-hybridized carbons (Fsp3) is 0.0500. The summed E-state index contributed by atoms with van der Waals surface area (Å²) < 4.78 is 18.3. The zero-order valence-corrected chi connectivity index (χ0v) is 13.9. The smallest absolute Gasteiger partial charge is 0.259 e. The van der Waals surface area contributed by atoms with Gasteiger partial charge in [-0.2, -0.15) is 0 Å². The predicted molar refractivity (Wildman–Crippen MR) is 96.3 cm³/mol. The summed E-state index contributed by atoms with van der Waals surface area (Å²) in [5, 5.41) is 7.26. The highest BCUT2D eigenvalue weighted by Crippen LogP contribution is 2.27. The number of nitrogens with one attached hydrogen (secondary N) is 1. The van der Waals surface area contributed by atoms with Crippen LogP contribution >= 0.6 is 0 Å². The summed E-state index contributed by atoms with van der Waals surface area (Å²) in [6, 6.07) is 16.8. The molecule has 6 heteroatoms. The van der Waals surface area contributed by atoms with E-state index in [-0.39, 0.29) is 11.7 Å². The molecule has 4 aromatic rings. The summed E-state index contributed by atoms with van der Waals surface area (Å²) in [6.45, 7) is 1.75. The van der Waals surface area contributed by atoms with Gasteiger partial charge in [0.2, 0.25) is 0 Å². The lowest BCUT2D eigenvalue weighted by Crippen LogP contribution is -2.13. The molecule has 0 aliphatic rings. The number of aryl methyl sites for hydroxylation is 1. The van der Waals surface area contributed by atoms with Crippen molar-refractivity contribution in [2.24, 2.45) is 0 Å². The number of benzene rings is 2. The van der Waals surface area contributed by atoms with Gasteiger partial charge in [-0.25, -0.2) is 9.37 Å². The van der Waals surface area contributed by atoms with Crippen molar-refractivity contribution in [3.63, 3.8) is 0 Å². The lowest BCUT2D eigenvalue weighted by Gasteiger charge is -2.08. The van der Waals surface area contributed by atoms with Crippen molar-refractivity contribution in [2.45, 2.75) is 6.92 Å². The minimum Gasteiger partial charge on any atom is -0.335 e. The fourth-order valence-corrected chi connectivity index (χ4v) is 2.76. The highest BCUT2D eigenvalue weighted by atomic mass is 19.1. The van der Waals surface area contributed by atoms with Crippen molar-refractivity contribution < 1.29 is 13.7 Å². The second kappa shape index (κ2) is 6.40. The molecule has 0 saturated carbocycles. The zero-order chi connectivity index (χ0) is 18.1. The highest BCUT2D eigenvalue weighted by Gasteiger charge is 2.19. The van der Waals surface area contributed by atoms with Gasteiger partial charge in [0.1, 0.15) is 5.82 Å². The Hall–Kier alpha value is -3.54. The second-order valence-electron chi connectivity index (χ2n) is 5.83. The first-order valence-electron chi connectivity index (χ1n) is 8.01. The highest BCUT2D eigenvalue weighted by molar-refractivity contribution is 6.13. The number of carbonyl (C=O) groups excluding carboxylic acids is 1. The molecule has 0 atom stereocenters. The van der Waals surface area contributed by atoms with Crippen molar-refractivity contribution in [3.8, 4) is 11.3 Å². The van der Waals surface area contributed by atoms with E-state index in [1.54, 1.807) is 13.0 Å². The second-order valence-corrected chi connectivity index (χ2v) is 5.83. The van der Waals surface area contributed by atoms with Gasteiger partial charge in [0.05, 0.1) is 22.3 Å². The molecule has 128 valence electrons. The Balaban J connectivity index is 1.80. The Labute approximate surface area is 148 Å². The summed E-state index contributed by atoms with van der Waals surface area (Å²) in [5.41, 5.74) is 3.25. The van der Waals surface area contributed by atoms with E-state index >= 15 is 0 Å². The number of rotatable bonds is 3. The quantitative estimate of drug-likeness (QED) is 0.588. The molecule has 1 N–H and O–H groups in total. The molecule has 1 amide bonds. The summed E-state index contributed by atoms with van der Waals surface area (Å²) in [7, 11) is 0. The Morgan fingerprint density at radius 3 is 2.54 bits per heavy atom. The van der Waals surface area contributed by atoms with E-state index in [2.05, 4.69) is 15.5 Å². The van der Waals surface area contributed by atoms with E-state index in [9.17, 15) is 9.18 Å². The van der Waals surface area contributed by atoms with Crippen LogP contribution in [0.3, 0.4) is 0 Å².